The van der Waals surface area contributed by atoms with Gasteiger partial charge in [-0.2, -0.15) is 9.97 Å². The zero-order valence-electron chi connectivity index (χ0n) is 22.7. The van der Waals surface area contributed by atoms with E-state index in [0.29, 0.717) is 44.1 Å². The monoisotopic (exact) mass is 566 g/mol. The van der Waals surface area contributed by atoms with Crippen molar-refractivity contribution in [2.45, 2.75) is 45.3 Å². The van der Waals surface area contributed by atoms with Crippen molar-refractivity contribution in [3.8, 4) is 6.01 Å². The number of aromatic nitrogens is 3. The second-order valence-corrected chi connectivity index (χ2v) is 11.9. The Labute approximate surface area is 232 Å². The minimum absolute atomic E-state index is 0.0309. The summed E-state index contributed by atoms with van der Waals surface area (Å²) >= 11 is 6.01. The van der Waals surface area contributed by atoms with E-state index >= 15 is 4.39 Å². The molecular formula is C26H36ClFN6O5. The fourth-order valence-corrected chi connectivity index (χ4v) is 4.98. The number of carbonyl (C=O) groups is 1. The number of alkyl carbamates (subject to hydrolysis) is 1. The van der Waals surface area contributed by atoms with Crippen LogP contribution < -0.4 is 15.0 Å². The molecule has 1 atom stereocenters. The van der Waals surface area contributed by atoms with Gasteiger partial charge in [-0.05, 0) is 33.6 Å². The van der Waals surface area contributed by atoms with E-state index in [0.717, 1.165) is 45.7 Å². The number of amides is 1. The van der Waals surface area contributed by atoms with Crippen LogP contribution in [0.25, 0.3) is 10.9 Å². The number of pyridine rings is 1. The highest BCUT2D eigenvalue weighted by atomic mass is 35.5. The van der Waals surface area contributed by atoms with Gasteiger partial charge in [-0.25, -0.2) is 14.2 Å². The van der Waals surface area contributed by atoms with Gasteiger partial charge in [0.1, 0.15) is 16.9 Å². The summed E-state index contributed by atoms with van der Waals surface area (Å²) in [6, 6.07) is -0.307. The molecule has 1 saturated carbocycles. The molecule has 2 aromatic heterocycles. The van der Waals surface area contributed by atoms with Crippen LogP contribution >= 0.6 is 11.6 Å². The van der Waals surface area contributed by atoms with Crippen molar-refractivity contribution in [2.24, 2.45) is 5.41 Å². The minimum Gasteiger partial charge on any atom is -0.463 e. The SMILES string of the molecule is CC(C)(C)OC(=O)N[C@H]1COCCN(c2nc(OCC3(CN4CCOCC4)CC3)nc3c(F)c(Cl)ncc23)C1. The standard InChI is InChI=1S/C26H36ClFN6O5/c1-25(2,3)39-24(35)30-17-13-34(8-11-37-14-17)22-18-12-29-21(27)19(28)20(18)31-23(32-22)38-16-26(4-5-26)15-33-6-9-36-10-7-33/h12,17H,4-11,13-16H2,1-3H3,(H,30,35)/t17-/m1/s1. The van der Waals surface area contributed by atoms with Gasteiger partial charge in [0.15, 0.2) is 11.0 Å². The quantitative estimate of drug-likeness (QED) is 0.502. The van der Waals surface area contributed by atoms with Crippen molar-refractivity contribution in [1.29, 1.82) is 0 Å². The number of nitrogens with one attached hydrogen (secondary N) is 1. The summed E-state index contributed by atoms with van der Waals surface area (Å²) in [5.41, 5.74) is -0.564. The number of hydrogen-bond donors (Lipinski definition) is 1. The van der Waals surface area contributed by atoms with E-state index in [1.54, 1.807) is 20.8 Å². The third kappa shape index (κ3) is 7.16. The first-order valence-electron chi connectivity index (χ1n) is 13.4. The summed E-state index contributed by atoms with van der Waals surface area (Å²) in [7, 11) is 0. The van der Waals surface area contributed by atoms with E-state index in [2.05, 4.69) is 20.2 Å². The lowest BCUT2D eigenvalue weighted by molar-refractivity contribution is 0.0231. The van der Waals surface area contributed by atoms with Crippen molar-refractivity contribution in [3.05, 3.63) is 17.2 Å². The Bertz CT molecular complexity index is 1190. The van der Waals surface area contributed by atoms with Crippen LogP contribution in [0.5, 0.6) is 6.01 Å². The molecule has 3 aliphatic rings. The highest BCUT2D eigenvalue weighted by Crippen LogP contribution is 2.46. The normalized spacial score (nSPS) is 21.9. The molecular weight excluding hydrogens is 531 g/mol. The number of ether oxygens (including phenoxy) is 4. The molecule has 214 valence electrons. The number of hydrogen-bond acceptors (Lipinski definition) is 10. The molecule has 2 aromatic rings. The Balaban J connectivity index is 1.37. The average Bonchev–Trinajstić information content (AvgIpc) is 3.68. The highest BCUT2D eigenvalue weighted by Gasteiger charge is 2.45. The molecule has 3 fully saturated rings. The van der Waals surface area contributed by atoms with E-state index < -0.39 is 17.5 Å². The number of nitrogens with zero attached hydrogens (tertiary/aromatic N) is 5. The van der Waals surface area contributed by atoms with Crippen LogP contribution in [0.3, 0.4) is 0 Å². The zero-order valence-corrected chi connectivity index (χ0v) is 23.4. The predicted molar refractivity (Wildman–Crippen MR) is 143 cm³/mol. The van der Waals surface area contributed by atoms with E-state index in [4.69, 9.17) is 35.5 Å². The molecule has 1 N–H and O–H groups in total. The van der Waals surface area contributed by atoms with E-state index in [1.807, 2.05) is 4.90 Å². The van der Waals surface area contributed by atoms with Crippen LogP contribution in [-0.4, -0.2) is 103 Å². The molecule has 2 aliphatic heterocycles. The van der Waals surface area contributed by atoms with Gasteiger partial charge in [-0.1, -0.05) is 11.6 Å². The van der Waals surface area contributed by atoms with Crippen LogP contribution in [0.4, 0.5) is 15.0 Å². The smallest absolute Gasteiger partial charge is 0.408 e. The second kappa shape index (κ2) is 11.5. The molecule has 0 unspecified atom stereocenters. The van der Waals surface area contributed by atoms with E-state index in [9.17, 15) is 4.79 Å². The van der Waals surface area contributed by atoms with Crippen LogP contribution in [0, 0.1) is 11.2 Å². The molecule has 0 spiro atoms. The van der Waals surface area contributed by atoms with E-state index in [1.165, 1.54) is 6.20 Å². The molecule has 0 bridgehead atoms. The van der Waals surface area contributed by atoms with Crippen molar-refractivity contribution in [1.82, 2.24) is 25.2 Å². The first-order valence-corrected chi connectivity index (χ1v) is 13.8. The summed E-state index contributed by atoms with van der Waals surface area (Å²) in [4.78, 5) is 29.8. The zero-order chi connectivity index (χ0) is 27.6. The predicted octanol–water partition coefficient (Wildman–Crippen LogP) is 3.04. The van der Waals surface area contributed by atoms with Crippen LogP contribution in [0.15, 0.2) is 6.20 Å². The lowest BCUT2D eigenvalue weighted by Crippen LogP contribution is -2.46. The highest BCUT2D eigenvalue weighted by molar-refractivity contribution is 6.30. The molecule has 0 radical (unpaired) electrons. The maximum Gasteiger partial charge on any atom is 0.408 e. The second-order valence-electron chi connectivity index (χ2n) is 11.5. The number of rotatable bonds is 7. The van der Waals surface area contributed by atoms with Crippen molar-refractivity contribution in [3.63, 3.8) is 0 Å². The topological polar surface area (TPSA) is 111 Å². The number of morpholine rings is 1. The maximum atomic E-state index is 15.1. The third-order valence-electron chi connectivity index (χ3n) is 7.01. The Morgan fingerprint density at radius 3 is 2.67 bits per heavy atom. The van der Waals surface area contributed by atoms with Gasteiger partial charge >= 0.3 is 12.1 Å². The fourth-order valence-electron chi connectivity index (χ4n) is 4.85. The lowest BCUT2D eigenvalue weighted by atomic mass is 10.1. The molecule has 5 rings (SSSR count). The van der Waals surface area contributed by atoms with Gasteiger partial charge < -0.3 is 29.2 Å². The first kappa shape index (κ1) is 28.0. The Hall–Kier alpha value is -2.54. The van der Waals surface area contributed by atoms with Crippen molar-refractivity contribution >= 4 is 34.4 Å². The van der Waals surface area contributed by atoms with Gasteiger partial charge in [0.2, 0.25) is 0 Å². The van der Waals surface area contributed by atoms with Crippen LogP contribution in [0.1, 0.15) is 33.6 Å². The molecule has 4 heterocycles. The molecule has 1 amide bonds. The number of halogens is 2. The number of anilines is 1. The molecule has 1 aliphatic carbocycles. The average molecular weight is 567 g/mol. The largest absolute Gasteiger partial charge is 0.463 e. The van der Waals surface area contributed by atoms with Crippen molar-refractivity contribution < 1.29 is 28.1 Å². The number of fused-ring (bicyclic) bond motifs is 1. The fraction of sp³-hybridized carbons (Fsp3) is 0.692. The van der Waals surface area contributed by atoms with Gasteiger partial charge in [0.25, 0.3) is 0 Å². The van der Waals surface area contributed by atoms with Gasteiger partial charge in [-0.15, -0.1) is 0 Å². The molecule has 13 heteroatoms. The summed E-state index contributed by atoms with van der Waals surface area (Å²) in [6.07, 6.45) is 3.03. The van der Waals surface area contributed by atoms with Crippen molar-refractivity contribution in [2.75, 3.05) is 70.7 Å². The maximum absolute atomic E-state index is 15.1. The van der Waals surface area contributed by atoms with Crippen LogP contribution in [0.2, 0.25) is 5.15 Å². The summed E-state index contributed by atoms with van der Waals surface area (Å²) < 4.78 is 37.9. The molecule has 11 nitrogen and oxygen atoms in total. The molecule has 2 saturated heterocycles. The van der Waals surface area contributed by atoms with Gasteiger partial charge in [0.05, 0.1) is 44.5 Å². The van der Waals surface area contributed by atoms with Crippen LogP contribution in [-0.2, 0) is 14.2 Å². The third-order valence-corrected chi connectivity index (χ3v) is 7.28. The Morgan fingerprint density at radius 2 is 1.95 bits per heavy atom. The van der Waals surface area contributed by atoms with Gasteiger partial charge in [0, 0.05) is 44.3 Å². The molecule has 39 heavy (non-hydrogen) atoms. The Morgan fingerprint density at radius 1 is 1.21 bits per heavy atom. The number of carbonyl (C=O) groups excluding carboxylic acids is 1. The summed E-state index contributed by atoms with van der Waals surface area (Å²) in [6.45, 7) is 11.6. The minimum atomic E-state index is -0.730. The summed E-state index contributed by atoms with van der Waals surface area (Å²) in [5.74, 6) is -0.288. The first-order chi connectivity index (χ1) is 18.6. The van der Waals surface area contributed by atoms with Gasteiger partial charge in [-0.3, -0.25) is 4.90 Å². The van der Waals surface area contributed by atoms with E-state index in [-0.39, 0.29) is 28.1 Å². The Kier molecular flexibility index (Phi) is 8.27. The lowest BCUT2D eigenvalue weighted by Gasteiger charge is -2.30. The summed E-state index contributed by atoms with van der Waals surface area (Å²) in [5, 5.41) is 2.99. The molecule has 0 aromatic carbocycles.